The average Bonchev–Trinajstić information content (AvgIpc) is 3.08. The van der Waals surface area contributed by atoms with Crippen LogP contribution in [0.25, 0.3) is 10.8 Å². The van der Waals surface area contributed by atoms with E-state index in [4.69, 9.17) is 28.4 Å². The van der Waals surface area contributed by atoms with Gasteiger partial charge in [0.25, 0.3) is 15.9 Å². The van der Waals surface area contributed by atoms with Crippen LogP contribution in [-0.4, -0.2) is 80.3 Å². The van der Waals surface area contributed by atoms with Gasteiger partial charge in [0.05, 0.1) is 18.1 Å². The summed E-state index contributed by atoms with van der Waals surface area (Å²) in [6, 6.07) is 24.9. The largest absolute Gasteiger partial charge is 0.487 e. The van der Waals surface area contributed by atoms with Gasteiger partial charge in [-0.2, -0.15) is 0 Å². The van der Waals surface area contributed by atoms with Crippen LogP contribution in [0.15, 0.2) is 89.8 Å². The maximum absolute atomic E-state index is 13.5. The summed E-state index contributed by atoms with van der Waals surface area (Å²) < 4.78 is 65.6. The van der Waals surface area contributed by atoms with E-state index in [2.05, 4.69) is 4.72 Å². The van der Waals surface area contributed by atoms with Gasteiger partial charge in [0.15, 0.2) is 23.0 Å². The predicted octanol–water partition coefficient (Wildman–Crippen LogP) is 5.21. The monoisotopic (exact) mass is 678 g/mol. The van der Waals surface area contributed by atoms with Crippen LogP contribution in [0, 0.1) is 0 Å². The summed E-state index contributed by atoms with van der Waals surface area (Å²) in [6.45, 7) is 2.70. The summed E-state index contributed by atoms with van der Waals surface area (Å²) in [7, 11) is -0.476. The fraction of sp³-hybridized carbons (Fsp3) is 0.361. The van der Waals surface area contributed by atoms with Crippen molar-refractivity contribution in [1.29, 1.82) is 0 Å². The number of nitrogens with zero attached hydrogens (tertiary/aromatic N) is 1. The van der Waals surface area contributed by atoms with Crippen molar-refractivity contribution in [2.24, 2.45) is 0 Å². The van der Waals surface area contributed by atoms with Crippen molar-refractivity contribution in [2.45, 2.75) is 30.3 Å². The summed E-state index contributed by atoms with van der Waals surface area (Å²) >= 11 is 0. The molecule has 0 saturated heterocycles. The fourth-order valence-electron chi connectivity index (χ4n) is 5.46. The van der Waals surface area contributed by atoms with Gasteiger partial charge in [-0.3, -0.25) is 4.79 Å². The van der Waals surface area contributed by atoms with Gasteiger partial charge in [-0.1, -0.05) is 61.9 Å². The van der Waals surface area contributed by atoms with Crippen molar-refractivity contribution in [3.05, 3.63) is 84.9 Å². The van der Waals surface area contributed by atoms with E-state index in [1.54, 1.807) is 42.5 Å². The first-order valence-electron chi connectivity index (χ1n) is 15.9. The van der Waals surface area contributed by atoms with Crippen molar-refractivity contribution < 1.29 is 41.6 Å². The lowest BCUT2D eigenvalue weighted by atomic mass is 9.99. The Balaban J connectivity index is 1.39. The van der Waals surface area contributed by atoms with Crippen LogP contribution in [0.2, 0.25) is 0 Å². The number of amides is 1. The van der Waals surface area contributed by atoms with Crippen LogP contribution in [0.3, 0.4) is 0 Å². The number of sulfonamides is 1. The Kier molecular flexibility index (Phi) is 11.6. The molecule has 0 aromatic heterocycles. The molecule has 5 rings (SSSR count). The van der Waals surface area contributed by atoms with Gasteiger partial charge in [0, 0.05) is 30.6 Å². The Hall–Kier alpha value is -4.52. The molecule has 0 spiro atoms. The Bertz CT molecular complexity index is 1740. The third kappa shape index (κ3) is 8.68. The molecule has 1 aliphatic rings. The molecule has 0 saturated carbocycles. The number of para-hydroxylation sites is 4. The molecule has 1 heterocycles. The highest BCUT2D eigenvalue weighted by molar-refractivity contribution is 7.90. The van der Waals surface area contributed by atoms with Crippen molar-refractivity contribution in [2.75, 3.05) is 65.2 Å². The molecule has 0 aliphatic carbocycles. The normalized spacial score (nSPS) is 15.4. The Morgan fingerprint density at radius 3 is 1.85 bits per heavy atom. The minimum absolute atomic E-state index is 0.00434. The smallest absolute Gasteiger partial charge is 0.264 e. The molecular weight excluding hydrogens is 636 g/mol. The third-order valence-electron chi connectivity index (χ3n) is 7.74. The van der Waals surface area contributed by atoms with Crippen LogP contribution in [-0.2, 0) is 24.3 Å². The highest BCUT2D eigenvalue weighted by atomic mass is 32.2. The third-order valence-corrected chi connectivity index (χ3v) is 9.18. The zero-order valence-electron chi connectivity index (χ0n) is 27.5. The van der Waals surface area contributed by atoms with E-state index >= 15 is 0 Å². The van der Waals surface area contributed by atoms with Crippen LogP contribution in [0.4, 0.5) is 5.69 Å². The topological polar surface area (TPSA) is 122 Å². The van der Waals surface area contributed by atoms with Crippen molar-refractivity contribution in [1.82, 2.24) is 4.72 Å². The van der Waals surface area contributed by atoms with E-state index in [1.807, 2.05) is 62.3 Å². The molecule has 1 N–H and O–H groups in total. The number of benzene rings is 4. The number of rotatable bonds is 8. The SMILES string of the molecule is CCCC1(OCC(=O)NS(=O)(=O)c2cccc3c(N(C)C)cccc23)COc2ccccc2OCCOCCOc2ccccc2OC1. The zero-order chi connectivity index (χ0) is 34.0. The highest BCUT2D eigenvalue weighted by Crippen LogP contribution is 2.33. The first-order valence-corrected chi connectivity index (χ1v) is 17.4. The van der Waals surface area contributed by atoms with Gasteiger partial charge >= 0.3 is 0 Å². The maximum Gasteiger partial charge on any atom is 0.264 e. The van der Waals surface area contributed by atoms with Crippen LogP contribution >= 0.6 is 0 Å². The van der Waals surface area contributed by atoms with Crippen molar-refractivity contribution in [3.63, 3.8) is 0 Å². The molecule has 256 valence electrons. The molecule has 0 radical (unpaired) electrons. The molecule has 11 nitrogen and oxygen atoms in total. The number of carbonyl (C=O) groups is 1. The second-order valence-electron chi connectivity index (χ2n) is 11.6. The first-order chi connectivity index (χ1) is 23.2. The fourth-order valence-corrected chi connectivity index (χ4v) is 6.65. The van der Waals surface area contributed by atoms with Crippen molar-refractivity contribution >= 4 is 32.4 Å². The molecule has 48 heavy (non-hydrogen) atoms. The standard InChI is InChI=1S/C36H42N2O9S/c1-4-19-36(47-24-35(39)37-48(40,41)34-18-10-11-27-28(34)12-9-13-29(27)38(2)3)25-45-32-16-7-5-14-30(32)43-22-20-42-21-23-44-31-15-6-8-17-33(31)46-26-36/h5-18H,4,19-26H2,1-3H3,(H,37,39). The number of ether oxygens (including phenoxy) is 6. The number of hydrogen-bond donors (Lipinski definition) is 1. The van der Waals surface area contributed by atoms with E-state index in [-0.39, 0.29) is 18.1 Å². The Morgan fingerprint density at radius 1 is 0.750 bits per heavy atom. The van der Waals surface area contributed by atoms with Crippen LogP contribution in [0.1, 0.15) is 19.8 Å². The molecule has 4 aromatic rings. The highest BCUT2D eigenvalue weighted by Gasteiger charge is 2.35. The molecular formula is C36H42N2O9S. The van der Waals surface area contributed by atoms with Gasteiger partial charge in [-0.15, -0.1) is 0 Å². The molecule has 0 atom stereocenters. The van der Waals surface area contributed by atoms with Crippen molar-refractivity contribution in [3.8, 4) is 23.0 Å². The number of carbonyl (C=O) groups excluding carboxylic acids is 1. The van der Waals surface area contributed by atoms with Gasteiger partial charge in [-0.05, 0) is 42.8 Å². The van der Waals surface area contributed by atoms with E-state index < -0.39 is 28.1 Å². The summed E-state index contributed by atoms with van der Waals surface area (Å²) in [4.78, 5) is 15.2. The molecule has 0 unspecified atom stereocenters. The minimum Gasteiger partial charge on any atom is -0.487 e. The lowest BCUT2D eigenvalue weighted by Gasteiger charge is -2.33. The van der Waals surface area contributed by atoms with Crippen LogP contribution in [0.5, 0.6) is 23.0 Å². The summed E-state index contributed by atoms with van der Waals surface area (Å²) in [5.74, 6) is 1.19. The number of hydrogen-bond acceptors (Lipinski definition) is 10. The molecule has 1 amide bonds. The lowest BCUT2D eigenvalue weighted by Crippen LogP contribution is -2.47. The Labute approximate surface area is 281 Å². The molecule has 0 fully saturated rings. The van der Waals surface area contributed by atoms with Gasteiger partial charge in [0.1, 0.15) is 38.6 Å². The minimum atomic E-state index is -4.24. The number of fused-ring (bicyclic) bond motifs is 3. The summed E-state index contributed by atoms with van der Waals surface area (Å²) in [6.07, 6.45) is 1.09. The number of nitrogens with one attached hydrogen (secondary N) is 1. The van der Waals surface area contributed by atoms with E-state index in [0.717, 1.165) is 11.1 Å². The second kappa shape index (κ2) is 16.1. The second-order valence-corrected chi connectivity index (χ2v) is 13.2. The molecule has 12 heteroatoms. The Morgan fingerprint density at radius 2 is 1.29 bits per heavy atom. The maximum atomic E-state index is 13.5. The quantitative estimate of drug-likeness (QED) is 0.266. The summed E-state index contributed by atoms with van der Waals surface area (Å²) in [5.41, 5.74) is -0.302. The van der Waals surface area contributed by atoms with Crippen LogP contribution < -0.4 is 28.6 Å². The van der Waals surface area contributed by atoms with E-state index in [0.29, 0.717) is 67.7 Å². The average molecular weight is 679 g/mol. The lowest BCUT2D eigenvalue weighted by molar-refractivity contribution is -0.140. The van der Waals surface area contributed by atoms with Gasteiger partial charge in [0.2, 0.25) is 0 Å². The summed E-state index contributed by atoms with van der Waals surface area (Å²) in [5, 5.41) is 1.25. The van der Waals surface area contributed by atoms with Gasteiger partial charge in [-0.25, -0.2) is 13.1 Å². The van der Waals surface area contributed by atoms with E-state index in [9.17, 15) is 13.2 Å². The number of anilines is 1. The van der Waals surface area contributed by atoms with Gasteiger partial charge < -0.3 is 33.3 Å². The van der Waals surface area contributed by atoms with E-state index in [1.165, 1.54) is 6.07 Å². The zero-order valence-corrected chi connectivity index (χ0v) is 28.3. The molecule has 1 aliphatic heterocycles. The molecule has 0 bridgehead atoms. The molecule has 4 aromatic carbocycles. The first kappa shape index (κ1) is 34.8. The predicted molar refractivity (Wildman–Crippen MR) is 183 cm³/mol.